The molecule has 0 aliphatic heterocycles. The topological polar surface area (TPSA) is 94.1 Å². The highest BCUT2D eigenvalue weighted by atomic mass is 32.1. The molecule has 0 atom stereocenters. The molecule has 230 valence electrons. The molecule has 0 aliphatic carbocycles. The number of nitrogens with zero attached hydrogens (tertiary/aromatic N) is 3. The van der Waals surface area contributed by atoms with E-state index in [4.69, 9.17) is 4.43 Å². The fraction of sp³-hybridized carbons (Fsp3) is 0.429. The summed E-state index contributed by atoms with van der Waals surface area (Å²) in [6.07, 6.45) is 0.731. The van der Waals surface area contributed by atoms with Gasteiger partial charge in [0.1, 0.15) is 4.83 Å². The SMILES string of the molecule is CCc1cc2c(=O)n(CC(=O)C(C)(C)CO[Si]C(C)(C)C(C)(C)C)c(=O)n(Cc3ccc(-c4ccccc4C#N)cc3)c2s1. The van der Waals surface area contributed by atoms with Gasteiger partial charge in [-0.1, -0.05) is 97.9 Å². The second kappa shape index (κ2) is 12.8. The van der Waals surface area contributed by atoms with Gasteiger partial charge in [-0.25, -0.2) is 4.79 Å². The molecule has 0 amide bonds. The average molecular weight is 628 g/mol. The first-order valence-electron chi connectivity index (χ1n) is 14.9. The van der Waals surface area contributed by atoms with Gasteiger partial charge in [-0.15, -0.1) is 11.3 Å². The van der Waals surface area contributed by atoms with E-state index in [9.17, 15) is 19.6 Å². The fourth-order valence-electron chi connectivity index (χ4n) is 4.50. The third kappa shape index (κ3) is 6.88. The van der Waals surface area contributed by atoms with Crippen LogP contribution in [0.4, 0.5) is 0 Å². The minimum Gasteiger partial charge on any atom is -0.416 e. The highest BCUT2D eigenvalue weighted by Crippen LogP contribution is 2.43. The maximum absolute atomic E-state index is 13.9. The average Bonchev–Trinajstić information content (AvgIpc) is 3.41. The van der Waals surface area contributed by atoms with E-state index in [1.165, 1.54) is 11.3 Å². The predicted molar refractivity (Wildman–Crippen MR) is 179 cm³/mol. The van der Waals surface area contributed by atoms with Crippen LogP contribution in [0.2, 0.25) is 5.04 Å². The standard InChI is InChI=1S/C35H41N3O4SSi/c1-9-26-18-28-30(40)37(21-29(39)34(5,6)22-42-44-35(7,8)33(2,3)4)32(41)38(31(28)43-26)20-23-14-16-24(17-15-23)27-13-11-10-12-25(27)19-36/h10-18H,9,20-22H2,1-8H3. The smallest absolute Gasteiger partial charge is 0.332 e. The lowest BCUT2D eigenvalue weighted by atomic mass is 9.82. The number of aryl methyl sites for hydroxylation is 1. The van der Waals surface area contributed by atoms with Crippen LogP contribution < -0.4 is 11.2 Å². The van der Waals surface area contributed by atoms with Crippen LogP contribution >= 0.6 is 11.3 Å². The molecule has 0 bridgehead atoms. The molecule has 2 heterocycles. The van der Waals surface area contributed by atoms with Crippen molar-refractivity contribution in [3.63, 3.8) is 0 Å². The Morgan fingerprint density at radius 1 is 0.977 bits per heavy atom. The molecule has 44 heavy (non-hydrogen) atoms. The van der Waals surface area contributed by atoms with Crippen LogP contribution in [0.3, 0.4) is 0 Å². The molecule has 2 aromatic carbocycles. The van der Waals surface area contributed by atoms with Gasteiger partial charge in [0.15, 0.2) is 5.78 Å². The second-order valence-corrected chi connectivity index (χ2v) is 16.3. The zero-order valence-electron chi connectivity index (χ0n) is 26.9. The number of rotatable bonds is 11. The first kappa shape index (κ1) is 33.3. The van der Waals surface area contributed by atoms with Crippen molar-refractivity contribution in [3.05, 3.63) is 91.4 Å². The maximum Gasteiger partial charge on any atom is 0.332 e. The Balaban J connectivity index is 1.65. The molecule has 4 aromatic rings. The van der Waals surface area contributed by atoms with Crippen molar-refractivity contribution in [1.29, 1.82) is 5.26 Å². The summed E-state index contributed by atoms with van der Waals surface area (Å²) >= 11 is 1.43. The highest BCUT2D eigenvalue weighted by molar-refractivity contribution is 7.18. The van der Waals surface area contributed by atoms with Crippen molar-refractivity contribution in [2.24, 2.45) is 10.8 Å². The lowest BCUT2D eigenvalue weighted by molar-refractivity contribution is -0.129. The normalized spacial score (nSPS) is 12.4. The summed E-state index contributed by atoms with van der Waals surface area (Å²) in [6, 6.07) is 19.2. The Kier molecular flexibility index (Phi) is 9.69. The van der Waals surface area contributed by atoms with Crippen molar-refractivity contribution >= 4 is 37.1 Å². The van der Waals surface area contributed by atoms with E-state index >= 15 is 0 Å². The van der Waals surface area contributed by atoms with Crippen molar-refractivity contribution in [1.82, 2.24) is 9.13 Å². The molecular weight excluding hydrogens is 587 g/mol. The Bertz CT molecular complexity index is 1830. The molecule has 4 rings (SSSR count). The van der Waals surface area contributed by atoms with Gasteiger partial charge in [0.05, 0.1) is 30.1 Å². The van der Waals surface area contributed by atoms with Gasteiger partial charge in [-0.3, -0.25) is 18.7 Å². The van der Waals surface area contributed by atoms with Gasteiger partial charge >= 0.3 is 5.69 Å². The van der Waals surface area contributed by atoms with Gasteiger partial charge in [0.25, 0.3) is 5.56 Å². The molecule has 9 heteroatoms. The number of fused-ring (bicyclic) bond motifs is 1. The highest BCUT2D eigenvalue weighted by Gasteiger charge is 2.36. The molecule has 2 aromatic heterocycles. The van der Waals surface area contributed by atoms with Gasteiger partial charge in [-0.05, 0) is 45.7 Å². The number of Topliss-reactive ketones (excluding diaryl/α,β-unsaturated/α-hetero) is 1. The Morgan fingerprint density at radius 2 is 1.64 bits per heavy atom. The van der Waals surface area contributed by atoms with Crippen LogP contribution in [-0.2, 0) is 28.7 Å². The third-order valence-electron chi connectivity index (χ3n) is 8.64. The van der Waals surface area contributed by atoms with E-state index in [1.807, 2.05) is 55.5 Å². The number of carbonyl (C=O) groups is 1. The fourth-order valence-corrected chi connectivity index (χ4v) is 6.67. The van der Waals surface area contributed by atoms with Gasteiger partial charge in [0.2, 0.25) is 9.76 Å². The third-order valence-corrected chi connectivity index (χ3v) is 11.5. The number of hydrogen-bond acceptors (Lipinski definition) is 6. The summed E-state index contributed by atoms with van der Waals surface area (Å²) in [5.41, 5.74) is 1.40. The lowest BCUT2D eigenvalue weighted by Gasteiger charge is -2.38. The number of thiophene rings is 1. The summed E-state index contributed by atoms with van der Waals surface area (Å²) in [5, 5.41) is 9.87. The Labute approximate surface area is 266 Å². The molecular formula is C35H41N3O4SSi. The molecule has 2 radical (unpaired) electrons. The summed E-state index contributed by atoms with van der Waals surface area (Å²) in [4.78, 5) is 42.7. The molecule has 0 N–H and O–H groups in total. The van der Waals surface area contributed by atoms with Gasteiger partial charge in [-0.2, -0.15) is 5.26 Å². The van der Waals surface area contributed by atoms with Crippen LogP contribution in [0, 0.1) is 22.2 Å². The molecule has 0 unspecified atom stereocenters. The van der Waals surface area contributed by atoms with E-state index in [0.717, 1.165) is 32.6 Å². The van der Waals surface area contributed by atoms with E-state index in [1.54, 1.807) is 24.5 Å². The quantitative estimate of drug-likeness (QED) is 0.170. The van der Waals surface area contributed by atoms with Crippen LogP contribution in [0.15, 0.2) is 64.2 Å². The molecule has 0 aliphatic rings. The van der Waals surface area contributed by atoms with Gasteiger partial charge in [0, 0.05) is 16.9 Å². The van der Waals surface area contributed by atoms with E-state index in [0.29, 0.717) is 15.8 Å². The van der Waals surface area contributed by atoms with Crippen LogP contribution in [0.25, 0.3) is 21.3 Å². The Hall–Kier alpha value is -3.58. The number of ketones is 1. The number of aromatic nitrogens is 2. The van der Waals surface area contributed by atoms with Gasteiger partial charge < -0.3 is 4.43 Å². The van der Waals surface area contributed by atoms with E-state index < -0.39 is 16.7 Å². The van der Waals surface area contributed by atoms with Crippen LogP contribution in [0.5, 0.6) is 0 Å². The van der Waals surface area contributed by atoms with Crippen molar-refractivity contribution in [2.45, 2.75) is 79.9 Å². The minimum atomic E-state index is -0.884. The molecule has 0 spiro atoms. The predicted octanol–water partition coefficient (Wildman–Crippen LogP) is 6.85. The first-order valence-corrected chi connectivity index (χ1v) is 16.6. The summed E-state index contributed by atoms with van der Waals surface area (Å²) in [5.74, 6) is -0.229. The first-order chi connectivity index (χ1) is 20.6. The van der Waals surface area contributed by atoms with Crippen LogP contribution in [0.1, 0.15) is 71.4 Å². The van der Waals surface area contributed by atoms with Crippen LogP contribution in [-0.4, -0.2) is 31.3 Å². The second-order valence-electron chi connectivity index (χ2n) is 13.5. The number of hydrogen-bond donors (Lipinski definition) is 0. The molecule has 7 nitrogen and oxygen atoms in total. The van der Waals surface area contributed by atoms with Crippen molar-refractivity contribution in [3.8, 4) is 17.2 Å². The zero-order chi connectivity index (χ0) is 32.4. The number of nitriles is 1. The lowest BCUT2D eigenvalue weighted by Crippen LogP contribution is -2.44. The Morgan fingerprint density at radius 3 is 2.25 bits per heavy atom. The zero-order valence-corrected chi connectivity index (χ0v) is 28.7. The summed E-state index contributed by atoms with van der Waals surface area (Å²) in [6.45, 7) is 16.6. The largest absolute Gasteiger partial charge is 0.416 e. The molecule has 0 fully saturated rings. The summed E-state index contributed by atoms with van der Waals surface area (Å²) < 4.78 is 8.76. The summed E-state index contributed by atoms with van der Waals surface area (Å²) in [7, 11) is 0.199. The van der Waals surface area contributed by atoms with Crippen molar-refractivity contribution in [2.75, 3.05) is 6.61 Å². The number of carbonyl (C=O) groups excluding carboxylic acids is 1. The monoisotopic (exact) mass is 627 g/mol. The van der Waals surface area contributed by atoms with E-state index in [2.05, 4.69) is 40.7 Å². The number of benzene rings is 2. The maximum atomic E-state index is 13.9. The molecule has 0 saturated carbocycles. The van der Waals surface area contributed by atoms with Crippen molar-refractivity contribution < 1.29 is 9.22 Å². The van der Waals surface area contributed by atoms with E-state index in [-0.39, 0.29) is 45.7 Å². The minimum absolute atomic E-state index is 0.0344. The molecule has 0 saturated heterocycles.